The summed E-state index contributed by atoms with van der Waals surface area (Å²) in [4.78, 5) is 0. The van der Waals surface area contributed by atoms with Crippen molar-refractivity contribution in [1.82, 2.24) is 5.32 Å². The summed E-state index contributed by atoms with van der Waals surface area (Å²) in [5.41, 5.74) is 0.138. The van der Waals surface area contributed by atoms with Gasteiger partial charge in [-0.25, -0.2) is 13.2 Å². The summed E-state index contributed by atoms with van der Waals surface area (Å²) in [5.74, 6) is -0.299. The van der Waals surface area contributed by atoms with Gasteiger partial charge in [-0.05, 0) is 24.7 Å². The maximum absolute atomic E-state index is 13.0. The lowest BCUT2D eigenvalue weighted by atomic mass is 10.1. The molecule has 0 aromatic heterocycles. The van der Waals surface area contributed by atoms with Crippen LogP contribution >= 0.6 is 0 Å². The summed E-state index contributed by atoms with van der Waals surface area (Å²) < 4.78 is 43.5. The van der Waals surface area contributed by atoms with Gasteiger partial charge in [0, 0.05) is 5.56 Å². The third-order valence-corrected chi connectivity index (χ3v) is 2.20. The SMILES string of the molecule is CCNC(c1cc(F)ccc1OC)C(F)F. The summed E-state index contributed by atoms with van der Waals surface area (Å²) in [7, 11) is 1.37. The van der Waals surface area contributed by atoms with Crippen LogP contribution in [0, 0.1) is 5.82 Å². The number of halogens is 3. The maximum atomic E-state index is 13.0. The van der Waals surface area contributed by atoms with E-state index in [0.717, 1.165) is 6.07 Å². The van der Waals surface area contributed by atoms with Crippen molar-refractivity contribution < 1.29 is 17.9 Å². The Morgan fingerprint density at radius 1 is 1.38 bits per heavy atom. The van der Waals surface area contributed by atoms with Crippen molar-refractivity contribution >= 4 is 0 Å². The van der Waals surface area contributed by atoms with E-state index in [4.69, 9.17) is 4.74 Å². The first-order chi connectivity index (χ1) is 7.60. The first kappa shape index (κ1) is 12.8. The fourth-order valence-electron chi connectivity index (χ4n) is 1.50. The molecule has 2 nitrogen and oxygen atoms in total. The second-order valence-corrected chi connectivity index (χ2v) is 3.26. The first-order valence-corrected chi connectivity index (χ1v) is 4.95. The average Bonchev–Trinajstić information content (AvgIpc) is 2.25. The molecule has 1 aromatic carbocycles. The molecular weight excluding hydrogens is 219 g/mol. The summed E-state index contributed by atoms with van der Waals surface area (Å²) in [6, 6.07) is 2.38. The number of ether oxygens (including phenoxy) is 1. The van der Waals surface area contributed by atoms with Crippen LogP contribution < -0.4 is 10.1 Å². The Bertz CT molecular complexity index is 344. The largest absolute Gasteiger partial charge is 0.496 e. The lowest BCUT2D eigenvalue weighted by molar-refractivity contribution is 0.0978. The molecule has 0 amide bonds. The van der Waals surface area contributed by atoms with E-state index < -0.39 is 18.3 Å². The molecule has 1 rings (SSSR count). The van der Waals surface area contributed by atoms with Crippen molar-refractivity contribution in [1.29, 1.82) is 0 Å². The fraction of sp³-hybridized carbons (Fsp3) is 0.455. The number of benzene rings is 1. The van der Waals surface area contributed by atoms with Crippen molar-refractivity contribution in [2.24, 2.45) is 0 Å². The number of nitrogens with one attached hydrogen (secondary N) is 1. The Kier molecular flexibility index (Phi) is 4.61. The Balaban J connectivity index is 3.10. The van der Waals surface area contributed by atoms with Gasteiger partial charge < -0.3 is 10.1 Å². The predicted molar refractivity (Wildman–Crippen MR) is 55.4 cm³/mol. The molecule has 0 aliphatic rings. The number of alkyl halides is 2. The minimum atomic E-state index is -2.62. The Hall–Kier alpha value is -1.23. The fourth-order valence-corrected chi connectivity index (χ4v) is 1.50. The van der Waals surface area contributed by atoms with E-state index in [1.807, 2.05) is 0 Å². The molecule has 0 saturated heterocycles. The first-order valence-electron chi connectivity index (χ1n) is 4.95. The van der Waals surface area contributed by atoms with Gasteiger partial charge in [0.25, 0.3) is 6.43 Å². The van der Waals surface area contributed by atoms with Crippen LogP contribution in [0.15, 0.2) is 18.2 Å². The highest BCUT2D eigenvalue weighted by Gasteiger charge is 2.24. The molecule has 5 heteroatoms. The van der Waals surface area contributed by atoms with Crippen LogP contribution in [0.4, 0.5) is 13.2 Å². The highest BCUT2D eigenvalue weighted by molar-refractivity contribution is 5.36. The van der Waals surface area contributed by atoms with Gasteiger partial charge in [-0.2, -0.15) is 0 Å². The van der Waals surface area contributed by atoms with Crippen LogP contribution in [0.1, 0.15) is 18.5 Å². The number of methoxy groups -OCH3 is 1. The normalized spacial score (nSPS) is 12.9. The van der Waals surface area contributed by atoms with Gasteiger partial charge in [0.1, 0.15) is 11.6 Å². The molecule has 1 N–H and O–H groups in total. The standard InChI is InChI=1S/C11H14F3NO/c1-3-15-10(11(13)14)8-6-7(12)4-5-9(8)16-2/h4-6,10-11,15H,3H2,1-2H3. The van der Waals surface area contributed by atoms with E-state index in [9.17, 15) is 13.2 Å². The molecule has 90 valence electrons. The monoisotopic (exact) mass is 233 g/mol. The minimum absolute atomic E-state index is 0.138. The highest BCUT2D eigenvalue weighted by atomic mass is 19.3. The zero-order valence-corrected chi connectivity index (χ0v) is 9.14. The second-order valence-electron chi connectivity index (χ2n) is 3.26. The zero-order valence-electron chi connectivity index (χ0n) is 9.14. The third-order valence-electron chi connectivity index (χ3n) is 2.20. The van der Waals surface area contributed by atoms with Crippen molar-refractivity contribution in [2.45, 2.75) is 19.4 Å². The van der Waals surface area contributed by atoms with Crippen LogP contribution in [-0.2, 0) is 0 Å². The Labute approximate surface area is 92.4 Å². The average molecular weight is 233 g/mol. The van der Waals surface area contributed by atoms with Crippen LogP contribution in [0.2, 0.25) is 0 Å². The van der Waals surface area contributed by atoms with Gasteiger partial charge in [-0.15, -0.1) is 0 Å². The van der Waals surface area contributed by atoms with Crippen molar-refractivity contribution in [3.8, 4) is 5.75 Å². The summed E-state index contributed by atoms with van der Waals surface area (Å²) in [6.45, 7) is 2.08. The van der Waals surface area contributed by atoms with Crippen molar-refractivity contribution in [3.05, 3.63) is 29.6 Å². The summed E-state index contributed by atoms with van der Waals surface area (Å²) >= 11 is 0. The highest BCUT2D eigenvalue weighted by Crippen LogP contribution is 2.29. The van der Waals surface area contributed by atoms with Gasteiger partial charge in [-0.3, -0.25) is 0 Å². The zero-order chi connectivity index (χ0) is 12.1. The smallest absolute Gasteiger partial charge is 0.257 e. The minimum Gasteiger partial charge on any atom is -0.496 e. The van der Waals surface area contributed by atoms with Gasteiger partial charge >= 0.3 is 0 Å². The molecule has 1 unspecified atom stereocenters. The lowest BCUT2D eigenvalue weighted by Gasteiger charge is -2.19. The molecule has 0 radical (unpaired) electrons. The Morgan fingerprint density at radius 3 is 2.56 bits per heavy atom. The van der Waals surface area contributed by atoms with Gasteiger partial charge in [0.15, 0.2) is 0 Å². The molecule has 0 bridgehead atoms. The van der Waals surface area contributed by atoms with E-state index in [-0.39, 0.29) is 11.3 Å². The van der Waals surface area contributed by atoms with Crippen LogP contribution in [0.25, 0.3) is 0 Å². The van der Waals surface area contributed by atoms with Gasteiger partial charge in [0.2, 0.25) is 0 Å². The molecule has 0 fully saturated rings. The lowest BCUT2D eigenvalue weighted by Crippen LogP contribution is -2.27. The van der Waals surface area contributed by atoms with Crippen LogP contribution in [0.5, 0.6) is 5.75 Å². The molecule has 0 aliphatic heterocycles. The van der Waals surface area contributed by atoms with E-state index in [1.54, 1.807) is 6.92 Å². The molecule has 1 atom stereocenters. The molecule has 1 aromatic rings. The van der Waals surface area contributed by atoms with Crippen molar-refractivity contribution in [3.63, 3.8) is 0 Å². The molecular formula is C11H14F3NO. The summed E-state index contributed by atoms with van der Waals surface area (Å²) in [5, 5.41) is 2.60. The second kappa shape index (κ2) is 5.75. The van der Waals surface area contributed by atoms with E-state index >= 15 is 0 Å². The van der Waals surface area contributed by atoms with Gasteiger partial charge in [0.05, 0.1) is 13.2 Å². The quantitative estimate of drug-likeness (QED) is 0.844. The van der Waals surface area contributed by atoms with E-state index in [2.05, 4.69) is 5.32 Å². The molecule has 16 heavy (non-hydrogen) atoms. The number of rotatable bonds is 5. The van der Waals surface area contributed by atoms with E-state index in [1.165, 1.54) is 19.2 Å². The third kappa shape index (κ3) is 2.88. The number of hydrogen-bond acceptors (Lipinski definition) is 2. The Morgan fingerprint density at radius 2 is 2.06 bits per heavy atom. The maximum Gasteiger partial charge on any atom is 0.257 e. The molecule has 0 spiro atoms. The molecule has 0 aliphatic carbocycles. The predicted octanol–water partition coefficient (Wildman–Crippen LogP) is 2.75. The topological polar surface area (TPSA) is 21.3 Å². The van der Waals surface area contributed by atoms with Crippen LogP contribution in [0.3, 0.4) is 0 Å². The number of hydrogen-bond donors (Lipinski definition) is 1. The van der Waals surface area contributed by atoms with Gasteiger partial charge in [-0.1, -0.05) is 6.92 Å². The van der Waals surface area contributed by atoms with E-state index in [0.29, 0.717) is 6.54 Å². The molecule has 0 saturated carbocycles. The molecule has 0 heterocycles. The summed E-state index contributed by atoms with van der Waals surface area (Å²) in [6.07, 6.45) is -2.62. The van der Waals surface area contributed by atoms with Crippen LogP contribution in [-0.4, -0.2) is 20.1 Å². The van der Waals surface area contributed by atoms with Crippen molar-refractivity contribution in [2.75, 3.05) is 13.7 Å².